The minimum absolute atomic E-state index is 0.0341. The highest BCUT2D eigenvalue weighted by molar-refractivity contribution is 8.00. The predicted octanol–water partition coefficient (Wildman–Crippen LogP) is 5.22. The van der Waals surface area contributed by atoms with Crippen LogP contribution in [0.2, 0.25) is 0 Å². The maximum atomic E-state index is 11.6. The summed E-state index contributed by atoms with van der Waals surface area (Å²) in [6.45, 7) is 4.36. The zero-order valence-corrected chi connectivity index (χ0v) is 14.4. The molecule has 0 amide bonds. The van der Waals surface area contributed by atoms with Crippen LogP contribution >= 0.6 is 11.8 Å². The van der Waals surface area contributed by atoms with E-state index in [1.54, 1.807) is 6.92 Å². The van der Waals surface area contributed by atoms with E-state index in [9.17, 15) is 4.79 Å². The quantitative estimate of drug-likeness (QED) is 0.673. The van der Waals surface area contributed by atoms with Crippen molar-refractivity contribution in [1.29, 1.82) is 0 Å². The number of benzene rings is 1. The number of aryl methyl sites for hydroxylation is 1. The highest BCUT2D eigenvalue weighted by Crippen LogP contribution is 2.35. The van der Waals surface area contributed by atoms with Crippen molar-refractivity contribution in [2.45, 2.75) is 68.6 Å². The maximum Gasteiger partial charge on any atom is 0.508 e. The summed E-state index contributed by atoms with van der Waals surface area (Å²) in [4.78, 5) is 12.8. The average molecular weight is 322 g/mol. The summed E-state index contributed by atoms with van der Waals surface area (Å²) >= 11 is 1.83. The molecular formula is C18H26O3S. The van der Waals surface area contributed by atoms with Gasteiger partial charge in [-0.15, -0.1) is 11.8 Å². The van der Waals surface area contributed by atoms with Gasteiger partial charge < -0.3 is 9.47 Å². The van der Waals surface area contributed by atoms with Crippen LogP contribution in [0.25, 0.3) is 0 Å². The van der Waals surface area contributed by atoms with Crippen LogP contribution in [-0.2, 0) is 15.9 Å². The highest BCUT2D eigenvalue weighted by Gasteiger charge is 2.29. The fourth-order valence-electron chi connectivity index (χ4n) is 2.81. The van der Waals surface area contributed by atoms with E-state index in [-0.39, 0.29) is 6.10 Å². The van der Waals surface area contributed by atoms with Gasteiger partial charge in [-0.05, 0) is 50.3 Å². The van der Waals surface area contributed by atoms with Gasteiger partial charge in [0.25, 0.3) is 0 Å². The van der Waals surface area contributed by atoms with Crippen LogP contribution in [0.5, 0.6) is 0 Å². The molecule has 0 aliphatic heterocycles. The number of thioether (sulfide) groups is 1. The summed E-state index contributed by atoms with van der Waals surface area (Å²) in [5.74, 6) is 0. The smallest absolute Gasteiger partial charge is 0.435 e. The molecule has 0 N–H and O–H groups in total. The lowest BCUT2D eigenvalue weighted by molar-refractivity contribution is 0.0163. The molecule has 1 fully saturated rings. The lowest BCUT2D eigenvalue weighted by Crippen LogP contribution is -2.32. The van der Waals surface area contributed by atoms with E-state index in [4.69, 9.17) is 9.47 Å². The molecule has 2 atom stereocenters. The first kappa shape index (κ1) is 17.2. The van der Waals surface area contributed by atoms with Gasteiger partial charge in [-0.3, -0.25) is 0 Å². The Kier molecular flexibility index (Phi) is 7.10. The third-order valence-corrected chi connectivity index (χ3v) is 5.29. The first-order valence-electron chi connectivity index (χ1n) is 8.32. The van der Waals surface area contributed by atoms with E-state index in [1.165, 1.54) is 23.3 Å². The fraction of sp³-hybridized carbons (Fsp3) is 0.611. The number of carbonyl (C=O) groups is 1. The Balaban J connectivity index is 1.94. The number of rotatable bonds is 6. The van der Waals surface area contributed by atoms with Crippen molar-refractivity contribution in [2.24, 2.45) is 0 Å². The average Bonchev–Trinajstić information content (AvgIpc) is 2.52. The van der Waals surface area contributed by atoms with Gasteiger partial charge in [-0.2, -0.15) is 0 Å². The van der Waals surface area contributed by atoms with Crippen molar-refractivity contribution in [3.05, 3.63) is 29.8 Å². The highest BCUT2D eigenvalue weighted by atomic mass is 32.2. The largest absolute Gasteiger partial charge is 0.508 e. The second kappa shape index (κ2) is 9.09. The number of ether oxygens (including phenoxy) is 2. The minimum atomic E-state index is -0.529. The molecule has 0 radical (unpaired) electrons. The fourth-order valence-corrected chi connectivity index (χ4v) is 4.08. The summed E-state index contributed by atoms with van der Waals surface area (Å²) in [5, 5.41) is 0.329. The molecule has 1 saturated carbocycles. The Hall–Kier alpha value is -1.16. The molecule has 1 aromatic carbocycles. The van der Waals surface area contributed by atoms with Crippen molar-refractivity contribution in [3.63, 3.8) is 0 Å². The lowest BCUT2D eigenvalue weighted by atomic mass is 9.97. The van der Waals surface area contributed by atoms with Gasteiger partial charge in [0.1, 0.15) is 6.10 Å². The molecule has 4 heteroatoms. The monoisotopic (exact) mass is 322 g/mol. The van der Waals surface area contributed by atoms with E-state index in [0.29, 0.717) is 11.9 Å². The van der Waals surface area contributed by atoms with E-state index in [0.717, 1.165) is 25.7 Å². The van der Waals surface area contributed by atoms with Crippen molar-refractivity contribution in [1.82, 2.24) is 0 Å². The molecule has 0 bridgehead atoms. The first-order valence-corrected chi connectivity index (χ1v) is 9.20. The van der Waals surface area contributed by atoms with Crippen LogP contribution < -0.4 is 0 Å². The van der Waals surface area contributed by atoms with Crippen molar-refractivity contribution in [2.75, 3.05) is 6.61 Å². The third kappa shape index (κ3) is 5.24. The van der Waals surface area contributed by atoms with Crippen molar-refractivity contribution in [3.8, 4) is 0 Å². The van der Waals surface area contributed by atoms with Gasteiger partial charge in [-0.25, -0.2) is 4.79 Å². The van der Waals surface area contributed by atoms with Gasteiger partial charge in [0.05, 0.1) is 6.61 Å². The maximum absolute atomic E-state index is 11.6. The Morgan fingerprint density at radius 1 is 1.18 bits per heavy atom. The summed E-state index contributed by atoms with van der Waals surface area (Å²) in [7, 11) is 0. The predicted molar refractivity (Wildman–Crippen MR) is 90.4 cm³/mol. The van der Waals surface area contributed by atoms with Crippen LogP contribution in [0.4, 0.5) is 4.79 Å². The van der Waals surface area contributed by atoms with Gasteiger partial charge in [0.2, 0.25) is 0 Å². The molecular weight excluding hydrogens is 296 g/mol. The SMILES string of the molecule is CCCc1ccc(SC2CCCCC2OC(=O)OCC)cc1. The minimum Gasteiger partial charge on any atom is -0.435 e. The van der Waals surface area contributed by atoms with Gasteiger partial charge in [0.15, 0.2) is 0 Å². The molecule has 0 spiro atoms. The normalized spacial score (nSPS) is 21.4. The summed E-state index contributed by atoms with van der Waals surface area (Å²) in [6, 6.07) is 8.78. The van der Waals surface area contributed by atoms with E-state index in [2.05, 4.69) is 31.2 Å². The summed E-state index contributed by atoms with van der Waals surface area (Å²) in [6.07, 6.45) is 6.08. The lowest BCUT2D eigenvalue weighted by Gasteiger charge is -2.30. The molecule has 2 unspecified atom stereocenters. The van der Waals surface area contributed by atoms with Crippen LogP contribution in [-0.4, -0.2) is 24.1 Å². The second-order valence-electron chi connectivity index (χ2n) is 5.67. The Labute approximate surface area is 137 Å². The van der Waals surface area contributed by atoms with Crippen LogP contribution in [0.1, 0.15) is 51.5 Å². The molecule has 2 rings (SSSR count). The molecule has 0 aromatic heterocycles. The molecule has 1 aliphatic carbocycles. The number of carbonyl (C=O) groups excluding carboxylic acids is 1. The zero-order valence-electron chi connectivity index (χ0n) is 13.5. The molecule has 3 nitrogen and oxygen atoms in total. The Morgan fingerprint density at radius 2 is 1.91 bits per heavy atom. The zero-order chi connectivity index (χ0) is 15.8. The number of hydrogen-bond acceptors (Lipinski definition) is 4. The van der Waals surface area contributed by atoms with E-state index in [1.807, 2.05) is 11.8 Å². The third-order valence-electron chi connectivity index (χ3n) is 3.90. The molecule has 0 saturated heterocycles. The molecule has 1 aliphatic rings. The van der Waals surface area contributed by atoms with Gasteiger partial charge in [0, 0.05) is 10.1 Å². The van der Waals surface area contributed by atoms with Crippen molar-refractivity contribution >= 4 is 17.9 Å². The molecule has 1 aromatic rings. The molecule has 22 heavy (non-hydrogen) atoms. The standard InChI is InChI=1S/C18H26O3S/c1-3-7-14-10-12-15(13-11-14)22-17-9-6-5-8-16(17)21-18(19)20-4-2/h10-13,16-17H,3-9H2,1-2H3. The summed E-state index contributed by atoms with van der Waals surface area (Å²) < 4.78 is 10.4. The van der Waals surface area contributed by atoms with E-state index < -0.39 is 6.16 Å². The van der Waals surface area contributed by atoms with Crippen LogP contribution in [0.3, 0.4) is 0 Å². The molecule has 122 valence electrons. The molecule has 0 heterocycles. The van der Waals surface area contributed by atoms with Crippen LogP contribution in [0.15, 0.2) is 29.2 Å². The summed E-state index contributed by atoms with van der Waals surface area (Å²) in [5.41, 5.74) is 1.38. The first-order chi connectivity index (χ1) is 10.7. The van der Waals surface area contributed by atoms with Crippen molar-refractivity contribution < 1.29 is 14.3 Å². The van der Waals surface area contributed by atoms with E-state index >= 15 is 0 Å². The second-order valence-corrected chi connectivity index (χ2v) is 6.99. The number of hydrogen-bond donors (Lipinski definition) is 0. The Morgan fingerprint density at radius 3 is 2.59 bits per heavy atom. The van der Waals surface area contributed by atoms with Crippen LogP contribution in [0, 0.1) is 0 Å². The topological polar surface area (TPSA) is 35.5 Å². The van der Waals surface area contributed by atoms with Gasteiger partial charge in [-0.1, -0.05) is 31.9 Å². The Bertz CT molecular complexity index is 458. The van der Waals surface area contributed by atoms with Gasteiger partial charge >= 0.3 is 6.16 Å².